The fourth-order valence-corrected chi connectivity index (χ4v) is 3.11. The first kappa shape index (κ1) is 14.4. The van der Waals surface area contributed by atoms with Crippen molar-refractivity contribution in [3.05, 3.63) is 57.0 Å². The molecule has 0 aromatic heterocycles. The van der Waals surface area contributed by atoms with Crippen LogP contribution in [-0.4, -0.2) is 17.6 Å². The van der Waals surface area contributed by atoms with Gasteiger partial charge in [-0.1, -0.05) is 23.7 Å². The molecule has 0 unspecified atom stereocenters. The van der Waals surface area contributed by atoms with Gasteiger partial charge in [-0.2, -0.15) is 0 Å². The SMILES string of the molecule is O=C(c1ccc(Cl)c(Br)c1)N1CCCc2cccc(O)c21. The Morgan fingerprint density at radius 1 is 1.29 bits per heavy atom. The normalized spacial score (nSPS) is 13.9. The van der Waals surface area contributed by atoms with E-state index in [4.69, 9.17) is 11.6 Å². The topological polar surface area (TPSA) is 40.5 Å². The summed E-state index contributed by atoms with van der Waals surface area (Å²) in [5.41, 5.74) is 2.17. The number of para-hydroxylation sites is 1. The van der Waals surface area contributed by atoms with Gasteiger partial charge in [0.25, 0.3) is 5.91 Å². The monoisotopic (exact) mass is 365 g/mol. The van der Waals surface area contributed by atoms with Gasteiger partial charge in [0.1, 0.15) is 5.75 Å². The zero-order valence-electron chi connectivity index (χ0n) is 11.1. The highest BCUT2D eigenvalue weighted by Crippen LogP contribution is 2.36. The van der Waals surface area contributed by atoms with Crippen molar-refractivity contribution in [1.82, 2.24) is 0 Å². The third kappa shape index (κ3) is 2.65. The van der Waals surface area contributed by atoms with Crippen molar-refractivity contribution in [2.45, 2.75) is 12.8 Å². The Balaban J connectivity index is 2.02. The van der Waals surface area contributed by atoms with E-state index in [-0.39, 0.29) is 11.7 Å². The lowest BCUT2D eigenvalue weighted by Gasteiger charge is -2.30. The lowest BCUT2D eigenvalue weighted by Crippen LogP contribution is -2.35. The molecule has 0 spiro atoms. The van der Waals surface area contributed by atoms with E-state index in [0.717, 1.165) is 18.4 Å². The molecule has 1 aliphatic heterocycles. The van der Waals surface area contributed by atoms with Crippen molar-refractivity contribution in [2.75, 3.05) is 11.4 Å². The molecule has 1 amide bonds. The number of aryl methyl sites for hydroxylation is 1. The van der Waals surface area contributed by atoms with Crippen LogP contribution in [0.2, 0.25) is 5.02 Å². The van der Waals surface area contributed by atoms with Gasteiger partial charge in [0.15, 0.2) is 0 Å². The summed E-state index contributed by atoms with van der Waals surface area (Å²) in [6.07, 6.45) is 1.76. The van der Waals surface area contributed by atoms with Gasteiger partial charge in [-0.05, 0) is 58.6 Å². The molecule has 0 aliphatic carbocycles. The number of fused-ring (bicyclic) bond motifs is 1. The van der Waals surface area contributed by atoms with Gasteiger partial charge in [0.2, 0.25) is 0 Å². The molecular weight excluding hydrogens is 354 g/mol. The number of hydrogen-bond donors (Lipinski definition) is 1. The maximum Gasteiger partial charge on any atom is 0.258 e. The van der Waals surface area contributed by atoms with Gasteiger partial charge in [0, 0.05) is 16.6 Å². The van der Waals surface area contributed by atoms with Crippen LogP contribution in [0.1, 0.15) is 22.3 Å². The molecule has 0 saturated carbocycles. The summed E-state index contributed by atoms with van der Waals surface area (Å²) in [5, 5.41) is 10.7. The van der Waals surface area contributed by atoms with Crippen molar-refractivity contribution in [3.63, 3.8) is 0 Å². The number of aromatic hydroxyl groups is 1. The van der Waals surface area contributed by atoms with Crippen LogP contribution >= 0.6 is 27.5 Å². The number of rotatable bonds is 1. The Morgan fingerprint density at radius 3 is 2.86 bits per heavy atom. The molecular formula is C16H13BrClNO2. The molecule has 1 N–H and O–H groups in total. The number of anilines is 1. The van der Waals surface area contributed by atoms with E-state index in [1.807, 2.05) is 6.07 Å². The van der Waals surface area contributed by atoms with Crippen LogP contribution in [0.5, 0.6) is 5.75 Å². The second kappa shape index (κ2) is 5.70. The second-order valence-electron chi connectivity index (χ2n) is 4.97. The lowest BCUT2D eigenvalue weighted by molar-refractivity contribution is 0.0984. The number of carbonyl (C=O) groups is 1. The fourth-order valence-electron chi connectivity index (χ4n) is 2.62. The molecule has 108 valence electrons. The third-order valence-electron chi connectivity index (χ3n) is 3.61. The maximum atomic E-state index is 12.7. The zero-order valence-corrected chi connectivity index (χ0v) is 13.5. The molecule has 0 radical (unpaired) electrons. The molecule has 0 saturated heterocycles. The number of hydrogen-bond acceptors (Lipinski definition) is 2. The second-order valence-corrected chi connectivity index (χ2v) is 6.24. The van der Waals surface area contributed by atoms with Crippen molar-refractivity contribution < 1.29 is 9.90 Å². The molecule has 5 heteroatoms. The van der Waals surface area contributed by atoms with Gasteiger partial charge in [0.05, 0.1) is 10.7 Å². The van der Waals surface area contributed by atoms with Gasteiger partial charge < -0.3 is 10.0 Å². The highest BCUT2D eigenvalue weighted by atomic mass is 79.9. The molecule has 1 heterocycles. The Bertz CT molecular complexity index is 717. The smallest absolute Gasteiger partial charge is 0.258 e. The minimum Gasteiger partial charge on any atom is -0.506 e. The molecule has 3 nitrogen and oxygen atoms in total. The first-order valence-corrected chi connectivity index (χ1v) is 7.83. The van der Waals surface area contributed by atoms with Crippen LogP contribution in [0.15, 0.2) is 40.9 Å². The Hall–Kier alpha value is -1.52. The first-order valence-electron chi connectivity index (χ1n) is 6.65. The van der Waals surface area contributed by atoms with Crippen LogP contribution in [0.4, 0.5) is 5.69 Å². The standard InChI is InChI=1S/C16H13BrClNO2/c17-12-9-11(6-7-13(12)18)16(21)19-8-2-4-10-3-1-5-14(20)15(10)19/h1,3,5-7,9,20H,2,4,8H2. The van der Waals surface area contributed by atoms with Gasteiger partial charge in [-0.3, -0.25) is 4.79 Å². The summed E-state index contributed by atoms with van der Waals surface area (Å²) in [6.45, 7) is 0.601. The van der Waals surface area contributed by atoms with E-state index in [1.165, 1.54) is 0 Å². The molecule has 0 bridgehead atoms. The predicted octanol–water partition coefficient (Wildman–Crippen LogP) is 4.40. The molecule has 2 aromatic rings. The average Bonchev–Trinajstić information content (AvgIpc) is 2.49. The Labute approximate surface area is 136 Å². The minimum atomic E-state index is -0.130. The molecule has 3 rings (SSSR count). The number of halogens is 2. The van der Waals surface area contributed by atoms with Gasteiger partial charge in [-0.15, -0.1) is 0 Å². The van der Waals surface area contributed by atoms with Crippen LogP contribution < -0.4 is 4.90 Å². The van der Waals surface area contributed by atoms with Crippen molar-refractivity contribution in [3.8, 4) is 5.75 Å². The third-order valence-corrected chi connectivity index (χ3v) is 4.82. The number of phenols is 1. The number of nitrogens with zero attached hydrogens (tertiary/aromatic N) is 1. The van der Waals surface area contributed by atoms with E-state index >= 15 is 0 Å². The summed E-state index contributed by atoms with van der Waals surface area (Å²) in [7, 11) is 0. The van der Waals surface area contributed by atoms with Crippen LogP contribution in [-0.2, 0) is 6.42 Å². The van der Waals surface area contributed by atoms with Crippen molar-refractivity contribution in [2.24, 2.45) is 0 Å². The molecule has 21 heavy (non-hydrogen) atoms. The summed E-state index contributed by atoms with van der Waals surface area (Å²) in [4.78, 5) is 14.4. The molecule has 0 fully saturated rings. The van der Waals surface area contributed by atoms with E-state index < -0.39 is 0 Å². The summed E-state index contributed by atoms with van der Waals surface area (Å²) < 4.78 is 0.685. The van der Waals surface area contributed by atoms with Gasteiger partial charge >= 0.3 is 0 Å². The Morgan fingerprint density at radius 2 is 2.10 bits per heavy atom. The largest absolute Gasteiger partial charge is 0.506 e. The number of amides is 1. The van der Waals surface area contributed by atoms with E-state index in [1.54, 1.807) is 35.2 Å². The van der Waals surface area contributed by atoms with Crippen molar-refractivity contribution in [1.29, 1.82) is 0 Å². The van der Waals surface area contributed by atoms with Crippen molar-refractivity contribution >= 4 is 39.1 Å². The highest BCUT2D eigenvalue weighted by molar-refractivity contribution is 9.10. The zero-order chi connectivity index (χ0) is 15.0. The fraction of sp³-hybridized carbons (Fsp3) is 0.188. The Kier molecular flexibility index (Phi) is 3.91. The molecule has 1 aliphatic rings. The minimum absolute atomic E-state index is 0.130. The first-order chi connectivity index (χ1) is 10.1. The lowest BCUT2D eigenvalue weighted by atomic mass is 10.00. The summed E-state index contributed by atoms with van der Waals surface area (Å²) >= 11 is 9.30. The number of benzene rings is 2. The average molecular weight is 367 g/mol. The summed E-state index contributed by atoms with van der Waals surface area (Å²) in [6, 6.07) is 10.5. The van der Waals surface area contributed by atoms with Crippen LogP contribution in [0.25, 0.3) is 0 Å². The number of phenolic OH excluding ortho intramolecular Hbond substituents is 1. The molecule has 2 aromatic carbocycles. The van der Waals surface area contributed by atoms with E-state index in [2.05, 4.69) is 15.9 Å². The van der Waals surface area contributed by atoms with E-state index in [9.17, 15) is 9.90 Å². The quantitative estimate of drug-likeness (QED) is 0.812. The van der Waals surface area contributed by atoms with Crippen LogP contribution in [0, 0.1) is 0 Å². The van der Waals surface area contributed by atoms with E-state index in [0.29, 0.717) is 27.3 Å². The number of carbonyl (C=O) groups excluding carboxylic acids is 1. The highest BCUT2D eigenvalue weighted by Gasteiger charge is 2.26. The maximum absolute atomic E-state index is 12.7. The van der Waals surface area contributed by atoms with Crippen LogP contribution in [0.3, 0.4) is 0 Å². The van der Waals surface area contributed by atoms with Gasteiger partial charge in [-0.25, -0.2) is 0 Å². The summed E-state index contributed by atoms with van der Waals surface area (Å²) in [5.74, 6) is 0.0170. The molecule has 0 atom stereocenters. The predicted molar refractivity (Wildman–Crippen MR) is 87.3 cm³/mol.